The molecule has 0 aliphatic rings. The zero-order valence-corrected chi connectivity index (χ0v) is 13.7. The first kappa shape index (κ1) is 15.2. The predicted molar refractivity (Wildman–Crippen MR) is 87.9 cm³/mol. The first-order chi connectivity index (χ1) is 9.16. The van der Waals surface area contributed by atoms with Crippen LogP contribution in [0.25, 0.3) is 0 Å². The summed E-state index contributed by atoms with van der Waals surface area (Å²) in [5.74, 6) is 1.02. The van der Waals surface area contributed by atoms with E-state index in [-0.39, 0.29) is 0 Å². The number of benzene rings is 1. The lowest BCUT2D eigenvalue weighted by Gasteiger charge is -2.05. The topological polar surface area (TPSA) is 12.0 Å². The molecule has 0 fully saturated rings. The van der Waals surface area contributed by atoms with Crippen LogP contribution in [0, 0.1) is 6.92 Å². The van der Waals surface area contributed by atoms with E-state index in [1.54, 1.807) is 23.1 Å². The van der Waals surface area contributed by atoms with Crippen molar-refractivity contribution >= 4 is 46.3 Å². The zero-order chi connectivity index (χ0) is 13.7. The molecule has 0 atom stereocenters. The van der Waals surface area contributed by atoms with Crippen molar-refractivity contribution in [2.45, 2.75) is 18.4 Å². The summed E-state index contributed by atoms with van der Waals surface area (Å²) in [6.45, 7) is 4.08. The Morgan fingerprint density at radius 2 is 2.05 bits per heavy atom. The molecule has 1 aromatic carbocycles. The number of thiophene rings is 1. The molecule has 5 heteroatoms. The Morgan fingerprint density at radius 1 is 1.21 bits per heavy atom. The molecule has 0 radical (unpaired) electrons. The molecule has 2 rings (SSSR count). The van der Waals surface area contributed by atoms with Crippen molar-refractivity contribution in [1.29, 1.82) is 0 Å². The van der Waals surface area contributed by atoms with Crippen molar-refractivity contribution in [2.75, 3.05) is 12.3 Å². The van der Waals surface area contributed by atoms with Gasteiger partial charge < -0.3 is 5.32 Å². The highest BCUT2D eigenvalue weighted by atomic mass is 35.5. The first-order valence-corrected chi connectivity index (χ1v) is 8.60. The van der Waals surface area contributed by atoms with Crippen molar-refractivity contribution in [3.8, 4) is 0 Å². The maximum Gasteiger partial charge on any atom is 0.0603 e. The van der Waals surface area contributed by atoms with Gasteiger partial charge in [-0.2, -0.15) is 0 Å². The highest BCUT2D eigenvalue weighted by molar-refractivity contribution is 7.99. The van der Waals surface area contributed by atoms with Crippen LogP contribution in [0.4, 0.5) is 0 Å². The molecule has 0 unspecified atom stereocenters. The van der Waals surface area contributed by atoms with Gasteiger partial charge in [0.15, 0.2) is 0 Å². The second-order valence-electron chi connectivity index (χ2n) is 4.13. The monoisotopic (exact) mass is 331 g/mol. The molecule has 1 heterocycles. The second kappa shape index (κ2) is 7.55. The summed E-state index contributed by atoms with van der Waals surface area (Å²) in [5, 5.41) is 6.82. The van der Waals surface area contributed by atoms with Crippen molar-refractivity contribution in [3.63, 3.8) is 0 Å². The third-order valence-corrected chi connectivity index (χ3v) is 5.45. The van der Waals surface area contributed by atoms with E-state index in [0.29, 0.717) is 10.0 Å². The van der Waals surface area contributed by atoms with Crippen molar-refractivity contribution in [1.82, 2.24) is 5.32 Å². The molecule has 1 aromatic heterocycles. The first-order valence-electron chi connectivity index (χ1n) is 5.98. The van der Waals surface area contributed by atoms with Gasteiger partial charge in [0.2, 0.25) is 0 Å². The zero-order valence-electron chi connectivity index (χ0n) is 10.6. The van der Waals surface area contributed by atoms with Gasteiger partial charge >= 0.3 is 0 Å². The molecule has 0 aliphatic carbocycles. The Labute approximate surface area is 132 Å². The van der Waals surface area contributed by atoms with E-state index in [1.807, 2.05) is 18.2 Å². The van der Waals surface area contributed by atoms with E-state index in [1.165, 1.54) is 10.4 Å². The number of halogens is 2. The SMILES string of the molecule is Cc1ccsc1CNCCSc1ccc(Cl)c(Cl)c1. The predicted octanol–water partition coefficient (Wildman–Crippen LogP) is 5.25. The molecule has 0 spiro atoms. The maximum absolute atomic E-state index is 5.98. The number of hydrogen-bond donors (Lipinski definition) is 1. The number of aryl methyl sites for hydroxylation is 1. The third-order valence-electron chi connectivity index (χ3n) is 2.69. The molecule has 0 amide bonds. The molecule has 0 aliphatic heterocycles. The van der Waals surface area contributed by atoms with Gasteiger partial charge in [-0.05, 0) is 42.1 Å². The van der Waals surface area contributed by atoms with E-state index in [2.05, 4.69) is 23.7 Å². The number of hydrogen-bond acceptors (Lipinski definition) is 3. The average molecular weight is 332 g/mol. The summed E-state index contributed by atoms with van der Waals surface area (Å²) in [4.78, 5) is 2.57. The Morgan fingerprint density at radius 3 is 2.74 bits per heavy atom. The highest BCUT2D eigenvalue weighted by Gasteiger charge is 2.01. The van der Waals surface area contributed by atoms with Gasteiger partial charge in [-0.1, -0.05) is 23.2 Å². The van der Waals surface area contributed by atoms with Crippen LogP contribution in [0.5, 0.6) is 0 Å². The average Bonchev–Trinajstić information content (AvgIpc) is 2.79. The minimum atomic E-state index is 0.609. The lowest BCUT2D eigenvalue weighted by atomic mass is 10.3. The van der Waals surface area contributed by atoms with Crippen LogP contribution < -0.4 is 5.32 Å². The van der Waals surface area contributed by atoms with Gasteiger partial charge in [0.05, 0.1) is 10.0 Å². The van der Waals surface area contributed by atoms with Crippen molar-refractivity contribution in [3.05, 3.63) is 50.1 Å². The largest absolute Gasteiger partial charge is 0.311 e. The molecule has 1 nitrogen and oxygen atoms in total. The van der Waals surface area contributed by atoms with Crippen LogP contribution in [0.2, 0.25) is 10.0 Å². The minimum Gasteiger partial charge on any atom is -0.311 e. The van der Waals surface area contributed by atoms with E-state index < -0.39 is 0 Å². The van der Waals surface area contributed by atoms with Crippen LogP contribution in [-0.4, -0.2) is 12.3 Å². The minimum absolute atomic E-state index is 0.609. The fourth-order valence-corrected chi connectivity index (χ4v) is 3.68. The normalized spacial score (nSPS) is 10.9. The molecule has 0 bridgehead atoms. The van der Waals surface area contributed by atoms with Gasteiger partial charge in [0.1, 0.15) is 0 Å². The molecule has 2 aromatic rings. The van der Waals surface area contributed by atoms with Crippen molar-refractivity contribution < 1.29 is 0 Å². The molecule has 0 saturated carbocycles. The molecule has 102 valence electrons. The molecule has 19 heavy (non-hydrogen) atoms. The summed E-state index contributed by atoms with van der Waals surface area (Å²) in [7, 11) is 0. The van der Waals surface area contributed by atoms with E-state index in [0.717, 1.165) is 23.7 Å². The van der Waals surface area contributed by atoms with Crippen molar-refractivity contribution in [2.24, 2.45) is 0 Å². The third kappa shape index (κ3) is 4.69. The molecular formula is C14H15Cl2NS2. The highest BCUT2D eigenvalue weighted by Crippen LogP contribution is 2.27. The smallest absolute Gasteiger partial charge is 0.0603 e. The second-order valence-corrected chi connectivity index (χ2v) is 7.11. The lowest BCUT2D eigenvalue weighted by Crippen LogP contribution is -2.16. The number of rotatable bonds is 6. The molecular weight excluding hydrogens is 317 g/mol. The summed E-state index contributed by atoms with van der Waals surface area (Å²) in [6.07, 6.45) is 0. The number of thioether (sulfide) groups is 1. The van der Waals surface area contributed by atoms with E-state index in [9.17, 15) is 0 Å². The Kier molecular flexibility index (Phi) is 6.05. The van der Waals surface area contributed by atoms with Crippen LogP contribution in [0.1, 0.15) is 10.4 Å². The van der Waals surface area contributed by atoms with Gasteiger partial charge in [-0.15, -0.1) is 23.1 Å². The maximum atomic E-state index is 5.98. The Hall–Kier alpha value is -0.190. The van der Waals surface area contributed by atoms with Crippen LogP contribution in [-0.2, 0) is 6.54 Å². The fourth-order valence-electron chi connectivity index (χ4n) is 1.59. The summed E-state index contributed by atoms with van der Waals surface area (Å²) in [6, 6.07) is 7.92. The summed E-state index contributed by atoms with van der Waals surface area (Å²) in [5.41, 5.74) is 1.37. The Bertz CT molecular complexity index is 540. The van der Waals surface area contributed by atoms with E-state index >= 15 is 0 Å². The van der Waals surface area contributed by atoms with Crippen LogP contribution in [0.3, 0.4) is 0 Å². The van der Waals surface area contributed by atoms with Crippen LogP contribution >= 0.6 is 46.3 Å². The van der Waals surface area contributed by atoms with Gasteiger partial charge in [0, 0.05) is 28.6 Å². The quantitative estimate of drug-likeness (QED) is 0.573. The standard InChI is InChI=1S/C14H15Cl2NS2/c1-10-4-6-19-14(10)9-17-5-7-18-11-2-3-12(15)13(16)8-11/h2-4,6,8,17H,5,7,9H2,1H3. The Balaban J connectivity index is 1.69. The van der Waals surface area contributed by atoms with Gasteiger partial charge in [0.25, 0.3) is 0 Å². The van der Waals surface area contributed by atoms with Gasteiger partial charge in [-0.25, -0.2) is 0 Å². The summed E-state index contributed by atoms with van der Waals surface area (Å²) >= 11 is 15.5. The summed E-state index contributed by atoms with van der Waals surface area (Å²) < 4.78 is 0. The lowest BCUT2D eigenvalue weighted by molar-refractivity contribution is 0.738. The van der Waals surface area contributed by atoms with Gasteiger partial charge in [-0.3, -0.25) is 0 Å². The van der Waals surface area contributed by atoms with Crippen LogP contribution in [0.15, 0.2) is 34.5 Å². The molecule has 1 N–H and O–H groups in total. The molecule has 0 saturated heterocycles. The number of nitrogens with one attached hydrogen (secondary N) is 1. The van der Waals surface area contributed by atoms with E-state index in [4.69, 9.17) is 23.2 Å². The fraction of sp³-hybridized carbons (Fsp3) is 0.286.